The van der Waals surface area contributed by atoms with E-state index in [1.54, 1.807) is 18.2 Å². The fourth-order valence-corrected chi connectivity index (χ4v) is 5.92. The van der Waals surface area contributed by atoms with Crippen molar-refractivity contribution in [2.24, 2.45) is 0 Å². The molecule has 0 aliphatic rings. The third-order valence-corrected chi connectivity index (χ3v) is 7.92. The van der Waals surface area contributed by atoms with Crippen molar-refractivity contribution in [3.8, 4) is 0 Å². The zero-order valence-corrected chi connectivity index (χ0v) is 21.8. The lowest BCUT2D eigenvalue weighted by Gasteiger charge is -2.27. The molecule has 0 saturated heterocycles. The molecule has 0 fully saturated rings. The Labute approximate surface area is 221 Å². The summed E-state index contributed by atoms with van der Waals surface area (Å²) in [4.78, 5) is 13.5. The Kier molecular flexibility index (Phi) is 7.99. The molecular weight excluding hydrogens is 515 g/mol. The zero-order valence-electron chi connectivity index (χ0n) is 19.4. The third-order valence-electron chi connectivity index (χ3n) is 5.61. The number of hydrogen-bond donors (Lipinski definition) is 1. The van der Waals surface area contributed by atoms with Crippen molar-refractivity contribution in [3.63, 3.8) is 0 Å². The van der Waals surface area contributed by atoms with E-state index in [-0.39, 0.29) is 15.6 Å². The summed E-state index contributed by atoms with van der Waals surface area (Å²) in [6.45, 7) is 1.50. The van der Waals surface area contributed by atoms with Crippen molar-refractivity contribution in [1.82, 2.24) is 5.32 Å². The van der Waals surface area contributed by atoms with Gasteiger partial charge in [-0.05, 0) is 48.4 Å². The second-order valence-corrected chi connectivity index (χ2v) is 11.0. The van der Waals surface area contributed by atoms with Gasteiger partial charge in [0.15, 0.2) is 0 Å². The summed E-state index contributed by atoms with van der Waals surface area (Å²) in [5, 5.41) is 3.49. The van der Waals surface area contributed by atoms with Gasteiger partial charge in [0.1, 0.15) is 6.54 Å². The predicted octanol–water partition coefficient (Wildman–Crippen LogP) is 6.40. The number of rotatable bonds is 8. The third kappa shape index (κ3) is 5.90. The molecule has 184 valence electrons. The molecule has 0 spiro atoms. The molecule has 1 atom stereocenters. The Bertz CT molecular complexity index is 1460. The predicted molar refractivity (Wildman–Crippen MR) is 145 cm³/mol. The van der Waals surface area contributed by atoms with Gasteiger partial charge in [-0.15, -0.1) is 0 Å². The highest BCUT2D eigenvalue weighted by molar-refractivity contribution is 7.92. The van der Waals surface area contributed by atoms with Gasteiger partial charge in [-0.25, -0.2) is 8.42 Å². The van der Waals surface area contributed by atoms with E-state index in [0.29, 0.717) is 5.02 Å². The first-order valence-electron chi connectivity index (χ1n) is 11.2. The number of sulfonamides is 1. The van der Waals surface area contributed by atoms with Gasteiger partial charge in [0.05, 0.1) is 21.6 Å². The van der Waals surface area contributed by atoms with Crippen LogP contribution >= 0.6 is 23.2 Å². The Morgan fingerprint density at radius 3 is 2.11 bits per heavy atom. The van der Waals surface area contributed by atoms with Gasteiger partial charge in [-0.2, -0.15) is 0 Å². The molecule has 8 heteroatoms. The number of benzene rings is 4. The molecule has 0 heterocycles. The molecule has 0 aromatic heterocycles. The SMILES string of the molecule is Cc1cccc(C(NC(=O)CN(c2ccc(Cl)cc2Cl)S(=O)(=O)c2ccccc2)c2ccccc2)c1. The molecule has 1 unspecified atom stereocenters. The minimum atomic E-state index is -4.11. The standard InChI is InChI=1S/C28H24Cl2N2O3S/c1-20-9-8-12-22(17-20)28(21-10-4-2-5-11-21)31-27(33)19-32(26-16-15-23(29)18-25(26)30)36(34,35)24-13-6-3-7-14-24/h2-18,28H,19H2,1H3,(H,31,33). The largest absolute Gasteiger partial charge is 0.344 e. The van der Waals surface area contributed by atoms with Gasteiger partial charge in [-0.1, -0.05) is 102 Å². The molecule has 1 N–H and O–H groups in total. The smallest absolute Gasteiger partial charge is 0.264 e. The molecule has 0 saturated carbocycles. The molecule has 5 nitrogen and oxygen atoms in total. The van der Waals surface area contributed by atoms with Crippen LogP contribution in [0.4, 0.5) is 5.69 Å². The Hall–Kier alpha value is -3.32. The number of aryl methyl sites for hydroxylation is 1. The lowest BCUT2D eigenvalue weighted by atomic mass is 9.97. The van der Waals surface area contributed by atoms with Crippen molar-refractivity contribution in [3.05, 3.63) is 130 Å². The van der Waals surface area contributed by atoms with Crippen molar-refractivity contribution >= 4 is 44.8 Å². The molecule has 4 aromatic rings. The minimum absolute atomic E-state index is 0.0436. The molecule has 4 rings (SSSR count). The topological polar surface area (TPSA) is 66.5 Å². The Morgan fingerprint density at radius 2 is 1.47 bits per heavy atom. The van der Waals surface area contributed by atoms with E-state index >= 15 is 0 Å². The lowest BCUT2D eigenvalue weighted by Crippen LogP contribution is -2.42. The number of carbonyl (C=O) groups excluding carboxylic acids is 1. The fourth-order valence-electron chi connectivity index (χ4n) is 3.89. The van der Waals surface area contributed by atoms with Crippen LogP contribution in [-0.2, 0) is 14.8 Å². The lowest BCUT2D eigenvalue weighted by molar-refractivity contribution is -0.120. The Balaban J connectivity index is 1.71. The maximum atomic E-state index is 13.6. The molecule has 36 heavy (non-hydrogen) atoms. The second kappa shape index (κ2) is 11.2. The first-order valence-corrected chi connectivity index (χ1v) is 13.4. The van der Waals surface area contributed by atoms with E-state index in [0.717, 1.165) is 21.0 Å². The average Bonchev–Trinajstić information content (AvgIpc) is 2.87. The molecule has 1 amide bonds. The van der Waals surface area contributed by atoms with Gasteiger partial charge < -0.3 is 5.32 Å². The van der Waals surface area contributed by atoms with Crippen LogP contribution in [0.25, 0.3) is 0 Å². The average molecular weight is 539 g/mol. The van der Waals surface area contributed by atoms with Crippen LogP contribution in [0, 0.1) is 6.92 Å². The van der Waals surface area contributed by atoms with E-state index in [1.165, 1.54) is 30.3 Å². The molecule has 0 aliphatic carbocycles. The normalized spacial score (nSPS) is 12.1. The fraction of sp³-hybridized carbons (Fsp3) is 0.107. The minimum Gasteiger partial charge on any atom is -0.344 e. The highest BCUT2D eigenvalue weighted by atomic mass is 35.5. The first-order chi connectivity index (χ1) is 17.3. The van der Waals surface area contributed by atoms with E-state index in [9.17, 15) is 13.2 Å². The van der Waals surface area contributed by atoms with Gasteiger partial charge >= 0.3 is 0 Å². The van der Waals surface area contributed by atoms with Crippen LogP contribution in [0.5, 0.6) is 0 Å². The molecule has 4 aromatic carbocycles. The summed E-state index contributed by atoms with van der Waals surface area (Å²) in [5.41, 5.74) is 2.96. The van der Waals surface area contributed by atoms with Crippen molar-refractivity contribution in [2.75, 3.05) is 10.8 Å². The van der Waals surface area contributed by atoms with Gasteiger partial charge in [-0.3, -0.25) is 9.10 Å². The highest BCUT2D eigenvalue weighted by Gasteiger charge is 2.30. The van der Waals surface area contributed by atoms with Gasteiger partial charge in [0, 0.05) is 5.02 Å². The molecule has 0 bridgehead atoms. The number of carbonyl (C=O) groups is 1. The van der Waals surface area contributed by atoms with Crippen molar-refractivity contribution in [1.29, 1.82) is 0 Å². The van der Waals surface area contributed by atoms with E-state index in [1.807, 2.05) is 61.5 Å². The van der Waals surface area contributed by atoms with Crippen molar-refractivity contribution < 1.29 is 13.2 Å². The highest BCUT2D eigenvalue weighted by Crippen LogP contribution is 2.33. The van der Waals surface area contributed by atoms with Crippen LogP contribution in [0.1, 0.15) is 22.7 Å². The van der Waals surface area contributed by atoms with E-state index in [2.05, 4.69) is 5.32 Å². The summed E-state index contributed by atoms with van der Waals surface area (Å²) in [6.07, 6.45) is 0. The number of nitrogens with zero attached hydrogens (tertiary/aromatic N) is 1. The van der Waals surface area contributed by atoms with Crippen LogP contribution in [0.2, 0.25) is 10.0 Å². The second-order valence-electron chi connectivity index (χ2n) is 8.25. The van der Waals surface area contributed by atoms with Crippen LogP contribution in [0.15, 0.2) is 108 Å². The van der Waals surface area contributed by atoms with Crippen molar-refractivity contribution in [2.45, 2.75) is 17.9 Å². The van der Waals surface area contributed by atoms with Gasteiger partial charge in [0.25, 0.3) is 10.0 Å². The quantitative estimate of drug-likeness (QED) is 0.282. The first kappa shape index (κ1) is 25.8. The summed E-state index contributed by atoms with van der Waals surface area (Å²) >= 11 is 12.4. The van der Waals surface area contributed by atoms with E-state index < -0.39 is 28.5 Å². The number of halogens is 2. The maximum Gasteiger partial charge on any atom is 0.264 e. The van der Waals surface area contributed by atoms with Crippen LogP contribution < -0.4 is 9.62 Å². The summed E-state index contributed by atoms with van der Waals surface area (Å²) < 4.78 is 28.3. The maximum absolute atomic E-state index is 13.6. The van der Waals surface area contributed by atoms with Crippen LogP contribution in [-0.4, -0.2) is 20.9 Å². The Morgan fingerprint density at radius 1 is 0.833 bits per heavy atom. The number of anilines is 1. The zero-order chi connectivity index (χ0) is 25.7. The summed E-state index contributed by atoms with van der Waals surface area (Å²) in [5.74, 6) is -0.490. The van der Waals surface area contributed by atoms with Gasteiger partial charge in [0.2, 0.25) is 5.91 Å². The summed E-state index contributed by atoms with van der Waals surface area (Å²) in [7, 11) is -4.11. The molecule has 0 aliphatic heterocycles. The number of amides is 1. The monoisotopic (exact) mass is 538 g/mol. The molecule has 0 radical (unpaired) electrons. The number of nitrogens with one attached hydrogen (secondary N) is 1. The van der Waals surface area contributed by atoms with E-state index in [4.69, 9.17) is 23.2 Å². The summed E-state index contributed by atoms with van der Waals surface area (Å²) in [6, 6.07) is 29.3. The number of hydrogen-bond acceptors (Lipinski definition) is 3. The van der Waals surface area contributed by atoms with Crippen LogP contribution in [0.3, 0.4) is 0 Å². The molecular formula is C28H24Cl2N2O3S.